The van der Waals surface area contributed by atoms with Crippen LogP contribution in [0, 0.1) is 5.92 Å². The van der Waals surface area contributed by atoms with Gasteiger partial charge in [0.2, 0.25) is 0 Å². The zero-order chi connectivity index (χ0) is 17.3. The number of nitrogens with zero attached hydrogens (tertiary/aromatic N) is 1. The SMILES string of the molecule is OCCCCCCCCCc1ccc2cccc(OCC3CC3)c2n1. The molecule has 136 valence electrons. The van der Waals surface area contributed by atoms with Gasteiger partial charge in [0.1, 0.15) is 11.3 Å². The van der Waals surface area contributed by atoms with Crippen molar-refractivity contribution in [3.8, 4) is 5.75 Å². The lowest BCUT2D eigenvalue weighted by atomic mass is 10.1. The minimum absolute atomic E-state index is 0.333. The van der Waals surface area contributed by atoms with Gasteiger partial charge in [-0.25, -0.2) is 4.98 Å². The molecule has 25 heavy (non-hydrogen) atoms. The van der Waals surface area contributed by atoms with Crippen LogP contribution in [0.2, 0.25) is 0 Å². The van der Waals surface area contributed by atoms with E-state index in [0.717, 1.165) is 43.1 Å². The van der Waals surface area contributed by atoms with Crippen LogP contribution in [0.3, 0.4) is 0 Å². The molecule has 0 atom stereocenters. The van der Waals surface area contributed by atoms with Crippen molar-refractivity contribution < 1.29 is 9.84 Å². The monoisotopic (exact) mass is 341 g/mol. The lowest BCUT2D eigenvalue weighted by Gasteiger charge is -2.09. The molecule has 0 radical (unpaired) electrons. The number of rotatable bonds is 12. The van der Waals surface area contributed by atoms with Gasteiger partial charge in [-0.3, -0.25) is 0 Å². The highest BCUT2D eigenvalue weighted by molar-refractivity contribution is 5.84. The smallest absolute Gasteiger partial charge is 0.145 e. The molecule has 1 aromatic carbocycles. The van der Waals surface area contributed by atoms with Crippen LogP contribution in [-0.2, 0) is 6.42 Å². The van der Waals surface area contributed by atoms with Gasteiger partial charge in [0.25, 0.3) is 0 Å². The van der Waals surface area contributed by atoms with E-state index in [-0.39, 0.29) is 0 Å². The van der Waals surface area contributed by atoms with Gasteiger partial charge < -0.3 is 9.84 Å². The first-order chi connectivity index (χ1) is 12.4. The second-order valence-electron chi connectivity index (χ2n) is 7.33. The molecule has 0 bridgehead atoms. The summed E-state index contributed by atoms with van der Waals surface area (Å²) in [6, 6.07) is 10.6. The molecule has 0 saturated heterocycles. The van der Waals surface area contributed by atoms with E-state index in [0.29, 0.717) is 6.61 Å². The van der Waals surface area contributed by atoms with E-state index in [2.05, 4.69) is 24.3 Å². The van der Waals surface area contributed by atoms with E-state index >= 15 is 0 Å². The van der Waals surface area contributed by atoms with E-state index in [9.17, 15) is 0 Å². The molecule has 1 aliphatic rings. The van der Waals surface area contributed by atoms with Crippen molar-refractivity contribution >= 4 is 10.9 Å². The first-order valence-electron chi connectivity index (χ1n) is 9.99. The van der Waals surface area contributed by atoms with Crippen molar-refractivity contribution in [2.75, 3.05) is 13.2 Å². The maximum absolute atomic E-state index is 8.78. The molecule has 0 amide bonds. The number of aliphatic hydroxyl groups excluding tert-OH is 1. The van der Waals surface area contributed by atoms with E-state index in [1.807, 2.05) is 6.07 Å². The van der Waals surface area contributed by atoms with Crippen molar-refractivity contribution in [2.24, 2.45) is 5.92 Å². The number of aliphatic hydroxyl groups is 1. The lowest BCUT2D eigenvalue weighted by molar-refractivity contribution is 0.282. The zero-order valence-corrected chi connectivity index (χ0v) is 15.3. The maximum Gasteiger partial charge on any atom is 0.145 e. The molecule has 1 saturated carbocycles. The summed E-state index contributed by atoms with van der Waals surface area (Å²) in [6.07, 6.45) is 12.0. The van der Waals surface area contributed by atoms with Gasteiger partial charge in [-0.15, -0.1) is 0 Å². The fourth-order valence-electron chi connectivity index (χ4n) is 3.21. The van der Waals surface area contributed by atoms with Gasteiger partial charge in [0.15, 0.2) is 0 Å². The molecule has 0 unspecified atom stereocenters. The van der Waals surface area contributed by atoms with Crippen LogP contribution in [0.4, 0.5) is 0 Å². The highest BCUT2D eigenvalue weighted by atomic mass is 16.5. The molecule has 1 aromatic heterocycles. The molecule has 2 aromatic rings. The number of para-hydroxylation sites is 1. The Bertz CT molecular complexity index is 652. The fraction of sp³-hybridized carbons (Fsp3) is 0.591. The summed E-state index contributed by atoms with van der Waals surface area (Å²) in [4.78, 5) is 4.88. The third kappa shape index (κ3) is 6.00. The number of benzene rings is 1. The van der Waals surface area contributed by atoms with E-state index < -0.39 is 0 Å². The Kier molecular flexibility index (Phi) is 7.10. The van der Waals surface area contributed by atoms with E-state index in [1.165, 1.54) is 56.0 Å². The molecule has 0 aliphatic heterocycles. The number of aromatic nitrogens is 1. The number of pyridine rings is 1. The standard InChI is InChI=1S/C22H31NO2/c24-16-7-5-3-1-2-4-6-10-20-15-14-19-9-8-11-21(22(19)23-20)25-17-18-12-13-18/h8-9,11,14-15,18,24H,1-7,10,12-13,16-17H2. The molecule has 1 fully saturated rings. The van der Waals surface area contributed by atoms with Gasteiger partial charge in [0, 0.05) is 17.7 Å². The summed E-state index contributed by atoms with van der Waals surface area (Å²) in [6.45, 7) is 1.17. The fourth-order valence-corrected chi connectivity index (χ4v) is 3.21. The summed E-state index contributed by atoms with van der Waals surface area (Å²) in [7, 11) is 0. The Balaban J connectivity index is 1.47. The number of hydrogen-bond donors (Lipinski definition) is 1. The van der Waals surface area contributed by atoms with Crippen LogP contribution >= 0.6 is 0 Å². The third-order valence-corrected chi connectivity index (χ3v) is 5.00. The van der Waals surface area contributed by atoms with Crippen LogP contribution in [0.5, 0.6) is 5.75 Å². The second kappa shape index (κ2) is 9.76. The van der Waals surface area contributed by atoms with E-state index in [4.69, 9.17) is 14.8 Å². The van der Waals surface area contributed by atoms with Gasteiger partial charge in [-0.2, -0.15) is 0 Å². The van der Waals surface area contributed by atoms with Crippen LogP contribution in [0.1, 0.15) is 63.5 Å². The Morgan fingerprint density at radius 3 is 2.44 bits per heavy atom. The molecule has 3 rings (SSSR count). The maximum atomic E-state index is 8.78. The second-order valence-corrected chi connectivity index (χ2v) is 7.33. The minimum atomic E-state index is 0.333. The van der Waals surface area contributed by atoms with Crippen molar-refractivity contribution in [1.29, 1.82) is 0 Å². The first-order valence-corrected chi connectivity index (χ1v) is 9.99. The summed E-state index contributed by atoms with van der Waals surface area (Å²) < 4.78 is 6.01. The van der Waals surface area contributed by atoms with E-state index in [1.54, 1.807) is 0 Å². The quantitative estimate of drug-likeness (QED) is 0.533. The highest BCUT2D eigenvalue weighted by Gasteiger charge is 2.22. The predicted octanol–water partition coefficient (Wildman–Crippen LogP) is 5.29. The predicted molar refractivity (Wildman–Crippen MR) is 103 cm³/mol. The zero-order valence-electron chi connectivity index (χ0n) is 15.3. The number of ether oxygens (including phenoxy) is 1. The van der Waals surface area contributed by atoms with Crippen LogP contribution in [0.25, 0.3) is 10.9 Å². The molecule has 1 heterocycles. The minimum Gasteiger partial charge on any atom is -0.491 e. The van der Waals surface area contributed by atoms with Gasteiger partial charge in [-0.1, -0.05) is 50.3 Å². The average Bonchev–Trinajstić information content (AvgIpc) is 3.46. The highest BCUT2D eigenvalue weighted by Crippen LogP contribution is 2.31. The Morgan fingerprint density at radius 2 is 1.68 bits per heavy atom. The van der Waals surface area contributed by atoms with Gasteiger partial charge in [-0.05, 0) is 50.2 Å². The largest absolute Gasteiger partial charge is 0.491 e. The molecular formula is C22H31NO2. The van der Waals surface area contributed by atoms with Crippen molar-refractivity contribution in [1.82, 2.24) is 4.98 Å². The topological polar surface area (TPSA) is 42.4 Å². The lowest BCUT2D eigenvalue weighted by Crippen LogP contribution is -2.01. The number of hydrogen-bond acceptors (Lipinski definition) is 3. The molecule has 3 heteroatoms. The molecule has 3 nitrogen and oxygen atoms in total. The normalized spacial score (nSPS) is 14.1. The third-order valence-electron chi connectivity index (χ3n) is 5.00. The molecule has 1 aliphatic carbocycles. The van der Waals surface area contributed by atoms with Crippen LogP contribution in [0.15, 0.2) is 30.3 Å². The average molecular weight is 341 g/mol. The van der Waals surface area contributed by atoms with Crippen molar-refractivity contribution in [3.63, 3.8) is 0 Å². The molecule has 0 spiro atoms. The molecular weight excluding hydrogens is 310 g/mol. The van der Waals surface area contributed by atoms with Crippen molar-refractivity contribution in [2.45, 2.75) is 64.2 Å². The van der Waals surface area contributed by atoms with Crippen LogP contribution in [-0.4, -0.2) is 23.3 Å². The van der Waals surface area contributed by atoms with Gasteiger partial charge >= 0.3 is 0 Å². The van der Waals surface area contributed by atoms with Crippen LogP contribution < -0.4 is 4.74 Å². The Morgan fingerprint density at radius 1 is 0.920 bits per heavy atom. The first kappa shape index (κ1) is 18.2. The summed E-state index contributed by atoms with van der Waals surface area (Å²) in [5, 5.41) is 9.94. The van der Waals surface area contributed by atoms with Crippen molar-refractivity contribution in [3.05, 3.63) is 36.0 Å². The van der Waals surface area contributed by atoms with Gasteiger partial charge in [0.05, 0.1) is 6.61 Å². The summed E-state index contributed by atoms with van der Waals surface area (Å²) in [5.74, 6) is 1.70. The Hall–Kier alpha value is -1.61. The number of fused-ring (bicyclic) bond motifs is 1. The summed E-state index contributed by atoms with van der Waals surface area (Å²) in [5.41, 5.74) is 2.19. The summed E-state index contributed by atoms with van der Waals surface area (Å²) >= 11 is 0. The number of unbranched alkanes of at least 4 members (excludes halogenated alkanes) is 6. The number of aryl methyl sites for hydroxylation is 1. The Labute approximate surface area is 151 Å². The molecule has 1 N–H and O–H groups in total.